The fourth-order valence-electron chi connectivity index (χ4n) is 2.16. The van der Waals surface area contributed by atoms with Gasteiger partial charge in [0.1, 0.15) is 5.75 Å². The molecule has 1 atom stereocenters. The number of halogens is 1. The monoisotopic (exact) mass is 334 g/mol. The first-order chi connectivity index (χ1) is 9.65. The third-order valence-corrected chi connectivity index (χ3v) is 3.95. The van der Waals surface area contributed by atoms with Crippen molar-refractivity contribution in [3.05, 3.63) is 58.1 Å². The fraction of sp³-hybridized carbons (Fsp3) is 0.250. The molecule has 0 saturated carbocycles. The lowest BCUT2D eigenvalue weighted by atomic mass is 10.0. The summed E-state index contributed by atoms with van der Waals surface area (Å²) in [5, 5.41) is 3.47. The van der Waals surface area contributed by atoms with Crippen LogP contribution in [0.15, 0.2) is 46.9 Å². The molecular weight excluding hydrogens is 316 g/mol. The molecule has 0 aliphatic carbocycles. The maximum atomic E-state index is 5.91. The van der Waals surface area contributed by atoms with Crippen molar-refractivity contribution in [1.82, 2.24) is 0 Å². The molecule has 0 saturated heterocycles. The minimum absolute atomic E-state index is 0.0679. The highest BCUT2D eigenvalue weighted by molar-refractivity contribution is 9.10. The van der Waals surface area contributed by atoms with Crippen molar-refractivity contribution < 1.29 is 4.74 Å². The van der Waals surface area contributed by atoms with E-state index in [-0.39, 0.29) is 6.04 Å². The molecule has 0 aliphatic rings. The number of benzene rings is 2. The average Bonchev–Trinajstić information content (AvgIpc) is 2.46. The summed E-state index contributed by atoms with van der Waals surface area (Å²) in [5.74, 6) is 0.894. The molecule has 2 aromatic carbocycles. The topological polar surface area (TPSA) is 47.3 Å². The lowest BCUT2D eigenvalue weighted by Crippen LogP contribution is -2.20. The molecule has 0 fully saturated rings. The Morgan fingerprint density at radius 1 is 1.25 bits per heavy atom. The lowest BCUT2D eigenvalue weighted by molar-refractivity contribution is 0.411. The number of methoxy groups -OCH3 is 1. The molecule has 2 rings (SSSR count). The van der Waals surface area contributed by atoms with Crippen molar-refractivity contribution in [3.63, 3.8) is 0 Å². The Morgan fingerprint density at radius 2 is 2.00 bits per heavy atom. The summed E-state index contributed by atoms with van der Waals surface area (Å²) in [6.45, 7) is 2.56. The number of aryl methyl sites for hydroxylation is 1. The van der Waals surface area contributed by atoms with E-state index in [4.69, 9.17) is 10.5 Å². The molecule has 0 heterocycles. The van der Waals surface area contributed by atoms with E-state index in [1.54, 1.807) is 7.11 Å². The third kappa shape index (κ3) is 3.32. The number of nitrogens with one attached hydrogen (secondary N) is 1. The van der Waals surface area contributed by atoms with Gasteiger partial charge in [-0.1, -0.05) is 24.3 Å². The minimum atomic E-state index is 0.0679. The van der Waals surface area contributed by atoms with E-state index >= 15 is 0 Å². The molecule has 4 heteroatoms. The molecular formula is C16H19BrN2O. The van der Waals surface area contributed by atoms with Crippen LogP contribution in [0, 0.1) is 6.92 Å². The number of hydrogen-bond donors (Lipinski definition) is 2. The van der Waals surface area contributed by atoms with Crippen LogP contribution < -0.4 is 15.8 Å². The van der Waals surface area contributed by atoms with Crippen LogP contribution in [0.25, 0.3) is 0 Å². The second-order valence-corrected chi connectivity index (χ2v) is 5.50. The van der Waals surface area contributed by atoms with Crippen LogP contribution in [0.5, 0.6) is 5.75 Å². The van der Waals surface area contributed by atoms with Crippen LogP contribution in [0.4, 0.5) is 5.69 Å². The summed E-state index contributed by atoms with van der Waals surface area (Å²) in [6, 6.07) is 14.2. The van der Waals surface area contributed by atoms with Gasteiger partial charge in [-0.25, -0.2) is 0 Å². The molecule has 106 valence electrons. The summed E-state index contributed by atoms with van der Waals surface area (Å²) < 4.78 is 6.32. The van der Waals surface area contributed by atoms with Crippen LogP contribution in [-0.4, -0.2) is 13.7 Å². The Balaban J connectivity index is 2.24. The van der Waals surface area contributed by atoms with Crippen molar-refractivity contribution in [2.75, 3.05) is 19.0 Å². The zero-order chi connectivity index (χ0) is 14.5. The second kappa shape index (κ2) is 6.77. The van der Waals surface area contributed by atoms with Crippen LogP contribution in [0.2, 0.25) is 0 Å². The summed E-state index contributed by atoms with van der Waals surface area (Å²) in [7, 11) is 1.68. The van der Waals surface area contributed by atoms with Crippen LogP contribution >= 0.6 is 15.9 Å². The first-order valence-corrected chi connectivity index (χ1v) is 7.30. The summed E-state index contributed by atoms with van der Waals surface area (Å²) in [5.41, 5.74) is 9.22. The van der Waals surface area contributed by atoms with Crippen LogP contribution in [0.1, 0.15) is 17.2 Å². The molecule has 0 bridgehead atoms. The van der Waals surface area contributed by atoms with Crippen molar-refractivity contribution in [2.45, 2.75) is 13.0 Å². The number of ether oxygens (including phenoxy) is 1. The zero-order valence-corrected chi connectivity index (χ0v) is 13.3. The quantitative estimate of drug-likeness (QED) is 0.872. The number of para-hydroxylation sites is 1. The molecule has 3 nitrogen and oxygen atoms in total. The van der Waals surface area contributed by atoms with E-state index in [0.717, 1.165) is 27.0 Å². The van der Waals surface area contributed by atoms with Gasteiger partial charge in [0, 0.05) is 16.7 Å². The minimum Gasteiger partial charge on any atom is -0.496 e. The maximum Gasteiger partial charge on any atom is 0.121 e. The Kier molecular flexibility index (Phi) is 5.04. The van der Waals surface area contributed by atoms with Crippen molar-refractivity contribution >= 4 is 21.6 Å². The van der Waals surface area contributed by atoms with Gasteiger partial charge >= 0.3 is 0 Å². The van der Waals surface area contributed by atoms with E-state index in [2.05, 4.69) is 27.3 Å². The van der Waals surface area contributed by atoms with Gasteiger partial charge in [0.05, 0.1) is 13.2 Å². The standard InChI is InChI=1S/C16H19BrN2O/c1-11-9-12(7-8-16(11)20-2)15(10-18)19-14-6-4-3-5-13(14)17/h3-9,15,19H,10,18H2,1-2H3. The molecule has 1 unspecified atom stereocenters. The Bertz CT molecular complexity index is 586. The van der Waals surface area contributed by atoms with E-state index in [9.17, 15) is 0 Å². The molecule has 0 aliphatic heterocycles. The van der Waals surface area contributed by atoms with E-state index in [1.807, 2.05) is 43.3 Å². The predicted octanol–water partition coefficient (Wildman–Crippen LogP) is 3.88. The van der Waals surface area contributed by atoms with E-state index in [1.165, 1.54) is 0 Å². The van der Waals surface area contributed by atoms with Crippen molar-refractivity contribution in [2.24, 2.45) is 5.73 Å². The summed E-state index contributed by atoms with van der Waals surface area (Å²) in [6.07, 6.45) is 0. The van der Waals surface area contributed by atoms with Gasteiger partial charge in [-0.2, -0.15) is 0 Å². The molecule has 20 heavy (non-hydrogen) atoms. The number of rotatable bonds is 5. The first-order valence-electron chi connectivity index (χ1n) is 6.51. The van der Waals surface area contributed by atoms with Crippen LogP contribution in [-0.2, 0) is 0 Å². The van der Waals surface area contributed by atoms with Gasteiger partial charge in [0.15, 0.2) is 0 Å². The Hall–Kier alpha value is -1.52. The van der Waals surface area contributed by atoms with Gasteiger partial charge in [-0.3, -0.25) is 0 Å². The van der Waals surface area contributed by atoms with Gasteiger partial charge < -0.3 is 15.8 Å². The molecule has 0 aromatic heterocycles. The van der Waals surface area contributed by atoms with Gasteiger partial charge in [0.25, 0.3) is 0 Å². The summed E-state index contributed by atoms with van der Waals surface area (Å²) in [4.78, 5) is 0. The molecule has 0 amide bonds. The van der Waals surface area contributed by atoms with Crippen molar-refractivity contribution in [3.8, 4) is 5.75 Å². The van der Waals surface area contributed by atoms with E-state index in [0.29, 0.717) is 6.54 Å². The fourth-order valence-corrected chi connectivity index (χ4v) is 2.56. The van der Waals surface area contributed by atoms with Gasteiger partial charge in [-0.15, -0.1) is 0 Å². The average molecular weight is 335 g/mol. The number of nitrogens with two attached hydrogens (primary N) is 1. The normalized spacial score (nSPS) is 12.0. The highest BCUT2D eigenvalue weighted by Gasteiger charge is 2.12. The predicted molar refractivity (Wildman–Crippen MR) is 87.3 cm³/mol. The van der Waals surface area contributed by atoms with E-state index < -0.39 is 0 Å². The second-order valence-electron chi connectivity index (χ2n) is 4.64. The lowest BCUT2D eigenvalue weighted by Gasteiger charge is -2.20. The molecule has 2 aromatic rings. The number of anilines is 1. The summed E-state index contributed by atoms with van der Waals surface area (Å²) >= 11 is 3.54. The molecule has 0 radical (unpaired) electrons. The van der Waals surface area contributed by atoms with Gasteiger partial charge in [-0.05, 0) is 52.2 Å². The highest BCUT2D eigenvalue weighted by atomic mass is 79.9. The van der Waals surface area contributed by atoms with Gasteiger partial charge in [0.2, 0.25) is 0 Å². The van der Waals surface area contributed by atoms with Crippen LogP contribution in [0.3, 0.4) is 0 Å². The third-order valence-electron chi connectivity index (χ3n) is 3.26. The highest BCUT2D eigenvalue weighted by Crippen LogP contribution is 2.28. The SMILES string of the molecule is COc1ccc(C(CN)Nc2ccccc2Br)cc1C. The molecule has 3 N–H and O–H groups in total. The maximum absolute atomic E-state index is 5.91. The molecule has 0 spiro atoms. The Labute approximate surface area is 128 Å². The first kappa shape index (κ1) is 14.9. The number of hydrogen-bond acceptors (Lipinski definition) is 3. The largest absolute Gasteiger partial charge is 0.496 e. The smallest absolute Gasteiger partial charge is 0.121 e. The Morgan fingerprint density at radius 3 is 2.60 bits per heavy atom. The zero-order valence-electron chi connectivity index (χ0n) is 11.7. The van der Waals surface area contributed by atoms with Crippen molar-refractivity contribution in [1.29, 1.82) is 0 Å².